The molecule has 11 nitrogen and oxygen atoms in total. The van der Waals surface area contributed by atoms with Crippen LogP contribution in [-0.2, 0) is 69.0 Å². The number of carbonyl (C=O) groups excluding carboxylic acids is 1. The molecule has 0 spiro atoms. The molecular weight excluding hydrogens is 1670 g/mol. The van der Waals surface area contributed by atoms with Gasteiger partial charge in [-0.3, -0.25) is 4.79 Å². The van der Waals surface area contributed by atoms with Crippen LogP contribution in [0.2, 0.25) is 20.1 Å². The summed E-state index contributed by atoms with van der Waals surface area (Å²) in [6, 6.07) is 67.5. The van der Waals surface area contributed by atoms with E-state index in [1.165, 1.54) is 50.3 Å². The van der Waals surface area contributed by atoms with Gasteiger partial charge in [0.05, 0.1) is 17.5 Å². The van der Waals surface area contributed by atoms with Crippen molar-refractivity contribution in [1.29, 1.82) is 0 Å². The summed E-state index contributed by atoms with van der Waals surface area (Å²) in [4.78, 5) is 27.0. The van der Waals surface area contributed by atoms with Gasteiger partial charge in [0.15, 0.2) is 23.0 Å². The number of amides is 1. The molecule has 0 saturated heterocycles. The van der Waals surface area contributed by atoms with Gasteiger partial charge < -0.3 is 38.3 Å². The number of carbonyl (C=O) groups is 1. The van der Waals surface area contributed by atoms with Gasteiger partial charge in [-0.1, -0.05) is 336 Å². The van der Waals surface area contributed by atoms with Crippen LogP contribution in [0.3, 0.4) is 0 Å². The number of benzene rings is 9. The van der Waals surface area contributed by atoms with Crippen molar-refractivity contribution in [3.05, 3.63) is 283 Å². The fourth-order valence-corrected chi connectivity index (χ4v) is 14.8. The zero-order valence-corrected chi connectivity index (χ0v) is 83.4. The molecule has 18 heteroatoms. The van der Waals surface area contributed by atoms with Crippen LogP contribution in [0.4, 0.5) is 18.9 Å². The Hall–Kier alpha value is -9.18. The highest BCUT2D eigenvalue weighted by molar-refractivity contribution is 6.35. The van der Waals surface area contributed by atoms with Gasteiger partial charge in [-0.2, -0.15) is 0 Å². The number of aromatic nitrogens is 4. The summed E-state index contributed by atoms with van der Waals surface area (Å²) in [6.07, 6.45) is 4.44. The number of imidazole rings is 1. The highest BCUT2D eigenvalue weighted by atomic mass is 35.5. The molecule has 9 aromatic carbocycles. The summed E-state index contributed by atoms with van der Waals surface area (Å²) in [5.74, 6) is 4.63. The second kappa shape index (κ2) is 44.9. The smallest absolute Gasteiger partial charge is 0.461 e. The normalized spacial score (nSPS) is 12.8. The molecule has 2 aliphatic heterocycles. The quantitative estimate of drug-likeness (QED) is 0.123. The highest BCUT2D eigenvalue weighted by Crippen LogP contribution is 2.38. The molecule has 0 saturated carbocycles. The number of oxazole rings is 1. The molecule has 3 N–H and O–H groups in total. The summed E-state index contributed by atoms with van der Waals surface area (Å²) in [6.45, 7) is 59.5. The molecular formula is C109H140Cl4F3N5O6. The van der Waals surface area contributed by atoms with Gasteiger partial charge in [-0.15, -0.1) is 13.2 Å². The average Bonchev–Trinajstić information content (AvgIpc) is 1.79. The summed E-state index contributed by atoms with van der Waals surface area (Å²) in [5, 5.41) is 7.90. The van der Waals surface area contributed by atoms with Crippen molar-refractivity contribution in [2.24, 2.45) is 48.7 Å². The van der Waals surface area contributed by atoms with E-state index in [9.17, 15) is 18.0 Å². The van der Waals surface area contributed by atoms with Crippen molar-refractivity contribution in [1.82, 2.24) is 19.9 Å². The number of para-hydroxylation sites is 6. The van der Waals surface area contributed by atoms with Crippen LogP contribution < -0.4 is 19.5 Å². The van der Waals surface area contributed by atoms with Crippen LogP contribution in [0.1, 0.15) is 243 Å². The van der Waals surface area contributed by atoms with Crippen molar-refractivity contribution < 1.29 is 41.0 Å². The van der Waals surface area contributed by atoms with E-state index in [0.717, 1.165) is 129 Å². The first-order valence-electron chi connectivity index (χ1n) is 43.9. The van der Waals surface area contributed by atoms with Crippen LogP contribution in [0.25, 0.3) is 44.0 Å². The summed E-state index contributed by atoms with van der Waals surface area (Å²) in [7, 11) is 0. The van der Waals surface area contributed by atoms with Crippen LogP contribution in [0, 0.1) is 48.7 Å². The van der Waals surface area contributed by atoms with Crippen LogP contribution in [0.5, 0.6) is 17.2 Å². The monoisotopic (exact) mass is 1810 g/mol. The van der Waals surface area contributed by atoms with E-state index in [1.54, 1.807) is 18.2 Å². The van der Waals surface area contributed by atoms with Crippen molar-refractivity contribution in [3.8, 4) is 17.2 Å². The third-order valence-corrected chi connectivity index (χ3v) is 19.8. The van der Waals surface area contributed by atoms with Gasteiger partial charge in [-0.25, -0.2) is 9.97 Å². The minimum Gasteiger partial charge on any atom is -0.461 e. The molecule has 0 unspecified atom stereocenters. The predicted octanol–water partition coefficient (Wildman–Crippen LogP) is 33.5. The minimum absolute atomic E-state index is 0.109. The van der Waals surface area contributed by atoms with Gasteiger partial charge in [0.2, 0.25) is 12.7 Å². The molecule has 13 aromatic rings. The van der Waals surface area contributed by atoms with Crippen molar-refractivity contribution >= 4 is 102 Å². The van der Waals surface area contributed by atoms with E-state index in [-0.39, 0.29) is 49.2 Å². The second-order valence-electron chi connectivity index (χ2n) is 44.1. The first kappa shape index (κ1) is 105. The van der Waals surface area contributed by atoms with Crippen molar-refractivity contribution in [2.45, 2.75) is 258 Å². The van der Waals surface area contributed by atoms with Crippen molar-refractivity contribution in [2.75, 3.05) is 12.1 Å². The Morgan fingerprint density at radius 2 is 0.850 bits per heavy atom. The molecule has 0 bridgehead atoms. The number of halogens is 7. The Balaban J connectivity index is 0.000000196. The van der Waals surface area contributed by atoms with E-state index in [2.05, 4.69) is 287 Å². The number of nitrogens with one attached hydrogen (secondary N) is 3. The molecule has 0 aliphatic carbocycles. The second-order valence-corrected chi connectivity index (χ2v) is 45.8. The number of hydrogen-bond donors (Lipinski definition) is 3. The van der Waals surface area contributed by atoms with E-state index >= 15 is 0 Å². The summed E-state index contributed by atoms with van der Waals surface area (Å²) < 4.78 is 62.6. The Kier molecular flexibility index (Phi) is 37.1. The zero-order valence-electron chi connectivity index (χ0n) is 80.4. The van der Waals surface area contributed by atoms with E-state index in [4.69, 9.17) is 64.7 Å². The first-order valence-corrected chi connectivity index (χ1v) is 45.5. The fraction of sp³-hybridized carbons (Fsp3) is 0.440. The number of anilines is 1. The average molecular weight is 1820 g/mol. The molecule has 6 heterocycles. The number of ether oxygens (including phenoxy) is 3. The number of nitrogens with zero attached hydrogens (tertiary/aromatic N) is 2. The molecule has 2 aliphatic rings. The van der Waals surface area contributed by atoms with E-state index in [0.29, 0.717) is 46.5 Å². The van der Waals surface area contributed by atoms with Gasteiger partial charge in [-0.05, 0) is 229 Å². The number of rotatable bonds is 10. The van der Waals surface area contributed by atoms with E-state index in [1.807, 2.05) is 112 Å². The van der Waals surface area contributed by atoms with Crippen LogP contribution >= 0.6 is 46.4 Å². The Bertz CT molecular complexity index is 5140. The number of hydrogen-bond acceptors (Lipinski definition) is 8. The lowest BCUT2D eigenvalue weighted by Gasteiger charge is -2.21. The molecule has 127 heavy (non-hydrogen) atoms. The third kappa shape index (κ3) is 41.4. The van der Waals surface area contributed by atoms with E-state index < -0.39 is 6.36 Å². The number of furan rings is 1. The third-order valence-electron chi connectivity index (χ3n) is 18.7. The topological polar surface area (TPSA) is 140 Å². The van der Waals surface area contributed by atoms with Crippen LogP contribution in [0.15, 0.2) is 215 Å². The zero-order chi connectivity index (χ0) is 94.5. The predicted molar refractivity (Wildman–Crippen MR) is 530 cm³/mol. The highest BCUT2D eigenvalue weighted by Gasteiger charge is 2.33. The first-order chi connectivity index (χ1) is 58.6. The summed E-state index contributed by atoms with van der Waals surface area (Å²) >= 11 is 23.3. The Morgan fingerprint density at radius 1 is 0.378 bits per heavy atom. The maximum Gasteiger partial charge on any atom is 0.573 e. The van der Waals surface area contributed by atoms with Crippen molar-refractivity contribution in [3.63, 3.8) is 0 Å². The standard InChI is InChI=1S/C13H17NO.C13H17N.C13H16O.C12H14ClF3O.C12H16N2.C12H15NO.C12H16O2.C11H14Cl2.C11H15Cl/c1-13(2,3)8-9-4-5-10-7-12(15)14-11(10)6-9;2*1-13(2,3)9-11-8-10-6-4-5-7-12(10)14-11;1-11(2,3)7-8-4-5-9(13)6-10(8)17-12(14,15)16;2*1-12(2,3)8-11-13-9-6-4-5-7-10(9)14-11;1-12(2,3)7-9-4-5-10-11(6-9)14-8-13-10;1-11(2,3)7-8-4-5-9(12)6-10(8)13;1-11(2,3)8-9-4-6-10(12)7-5-9/h4-6H,7-8H2,1-3H3,(H,14,15);4-8,14H,9H2,1-3H3;4-8H,9H2,1-3H3;4-6H,7H2,1-3H3;4-7H,8H2,1-3H3,(H,13,14);4-7H,8H2,1-3H3;4-6H,7-8H2,1-3H3;4-6H,7H2,1-3H3;4-7H,8H2,1-3H3. The Labute approximate surface area is 776 Å². The molecule has 1 amide bonds. The SMILES string of the molecule is CC(C)(C)Cc1cc2ccccc2[nH]1.CC(C)(C)Cc1cc2ccccc2o1.CC(C)(C)Cc1ccc(Cl)cc1.CC(C)(C)Cc1ccc(Cl)cc1Cl.CC(C)(C)Cc1ccc(Cl)cc1OC(F)(F)F.CC(C)(C)Cc1ccc2c(c1)NC(=O)C2.CC(C)(C)Cc1ccc2c(c1)OCO2.CC(C)(C)Cc1nc2ccccc2[nH]1.CC(C)(C)Cc1nc2ccccc2o1. The lowest BCUT2D eigenvalue weighted by atomic mass is 9.88. The fourth-order valence-electron chi connectivity index (χ4n) is 14.1. The lowest BCUT2D eigenvalue weighted by Crippen LogP contribution is -2.19. The molecule has 4 aromatic heterocycles. The summed E-state index contributed by atoms with van der Waals surface area (Å²) in [5.41, 5.74) is 17.6. The number of H-pyrrole nitrogens is 2. The lowest BCUT2D eigenvalue weighted by molar-refractivity contribution is -0.275. The number of alkyl halides is 3. The molecule has 686 valence electrons. The van der Waals surface area contributed by atoms with Crippen LogP contribution in [-0.4, -0.2) is 39.0 Å². The molecule has 15 rings (SSSR count). The number of aromatic amines is 2. The maximum absolute atomic E-state index is 12.2. The molecule has 0 fully saturated rings. The largest absolute Gasteiger partial charge is 0.573 e. The van der Waals surface area contributed by atoms with Gasteiger partial charge in [0.25, 0.3) is 0 Å². The van der Waals surface area contributed by atoms with Gasteiger partial charge in [0, 0.05) is 61.6 Å². The Morgan fingerprint density at radius 3 is 1.39 bits per heavy atom. The maximum atomic E-state index is 12.2. The molecule has 0 radical (unpaired) electrons. The number of fused-ring (bicyclic) bond motifs is 6. The van der Waals surface area contributed by atoms with Gasteiger partial charge in [0.1, 0.15) is 28.4 Å². The molecule has 0 atom stereocenters. The van der Waals surface area contributed by atoms with Gasteiger partial charge >= 0.3 is 6.36 Å². The minimum atomic E-state index is -4.70.